The van der Waals surface area contributed by atoms with Gasteiger partial charge in [-0.05, 0) is 54.5 Å². The summed E-state index contributed by atoms with van der Waals surface area (Å²) < 4.78 is 0. The molecule has 2 aliphatic rings. The molecular formula is C18H24N2S. The topological polar surface area (TPSA) is 19.0 Å². The first-order valence-corrected chi connectivity index (χ1v) is 9.53. The molecular weight excluding hydrogens is 276 g/mol. The lowest BCUT2D eigenvalue weighted by atomic mass is 9.72. The molecule has 2 aromatic rings. The molecule has 4 rings (SSSR count). The van der Waals surface area contributed by atoms with Gasteiger partial charge >= 0.3 is 0 Å². The van der Waals surface area contributed by atoms with E-state index in [-0.39, 0.29) is 0 Å². The molecule has 1 aromatic heterocycles. The molecule has 0 saturated carbocycles. The zero-order chi connectivity index (χ0) is 14.4. The van der Waals surface area contributed by atoms with Crippen LogP contribution in [0.25, 0.3) is 10.9 Å². The highest BCUT2D eigenvalue weighted by atomic mass is 32.2. The number of likely N-dealkylation sites (tertiary alicyclic amines) is 1. The van der Waals surface area contributed by atoms with Crippen LogP contribution in [0.2, 0.25) is 0 Å². The maximum absolute atomic E-state index is 3.48. The van der Waals surface area contributed by atoms with Crippen molar-refractivity contribution in [3.63, 3.8) is 0 Å². The third-order valence-electron chi connectivity index (χ3n) is 5.47. The second-order valence-corrected chi connectivity index (χ2v) is 7.52. The van der Waals surface area contributed by atoms with Gasteiger partial charge in [0.05, 0.1) is 0 Å². The van der Waals surface area contributed by atoms with Crippen LogP contribution in [0.15, 0.2) is 24.4 Å². The van der Waals surface area contributed by atoms with Crippen molar-refractivity contribution in [1.29, 1.82) is 0 Å². The van der Waals surface area contributed by atoms with Gasteiger partial charge in [-0.2, -0.15) is 11.8 Å². The number of aromatic amines is 1. The summed E-state index contributed by atoms with van der Waals surface area (Å²) in [5, 5.41) is 1.53. The largest absolute Gasteiger partial charge is 0.361 e. The van der Waals surface area contributed by atoms with Gasteiger partial charge in [-0.3, -0.25) is 4.90 Å². The van der Waals surface area contributed by atoms with Crippen LogP contribution < -0.4 is 0 Å². The minimum Gasteiger partial charge on any atom is -0.361 e. The molecule has 3 heteroatoms. The molecule has 0 radical (unpaired) electrons. The Morgan fingerprint density at radius 2 is 2.29 bits per heavy atom. The number of piperidine rings is 1. The van der Waals surface area contributed by atoms with Crippen LogP contribution in [-0.4, -0.2) is 41.0 Å². The molecule has 1 aliphatic carbocycles. The number of hydrogen-bond donors (Lipinski definition) is 1. The Balaban J connectivity index is 1.78. The first-order chi connectivity index (χ1) is 10.3. The minimum absolute atomic E-state index is 0.710. The number of rotatable bonds is 3. The standard InChI is InChI=1S/C18H24N2S/c1-3-20-10-12(11-21-2)7-15-14-5-4-6-16-18(14)13(9-19-16)8-17(15)20/h4-6,9,12,15,17,19H,3,7-8,10-11H2,1-2H3/t12?,15-,17-/m0/s1. The lowest BCUT2D eigenvalue weighted by Gasteiger charge is -2.47. The number of benzene rings is 1. The van der Waals surface area contributed by atoms with Crippen LogP contribution in [0, 0.1) is 5.92 Å². The van der Waals surface area contributed by atoms with E-state index in [0.717, 1.165) is 11.8 Å². The van der Waals surface area contributed by atoms with Gasteiger partial charge in [0.1, 0.15) is 0 Å². The van der Waals surface area contributed by atoms with Crippen molar-refractivity contribution in [2.24, 2.45) is 5.92 Å². The second-order valence-electron chi connectivity index (χ2n) is 6.61. The fourth-order valence-electron chi connectivity index (χ4n) is 4.62. The molecule has 112 valence electrons. The van der Waals surface area contributed by atoms with Crippen molar-refractivity contribution < 1.29 is 0 Å². The van der Waals surface area contributed by atoms with E-state index in [0.29, 0.717) is 6.04 Å². The Morgan fingerprint density at radius 3 is 3.10 bits per heavy atom. The van der Waals surface area contributed by atoms with Crippen LogP contribution in [-0.2, 0) is 6.42 Å². The van der Waals surface area contributed by atoms with Crippen LogP contribution in [0.4, 0.5) is 0 Å². The molecule has 1 aromatic carbocycles. The SMILES string of the molecule is CCN1CC(CSC)C[C@H]2c3cccc4[nH]cc(c34)C[C@@H]21. The average molecular weight is 300 g/mol. The molecule has 1 fully saturated rings. The molecule has 0 amide bonds. The molecule has 2 heterocycles. The number of aromatic nitrogens is 1. The first-order valence-electron chi connectivity index (χ1n) is 8.13. The summed E-state index contributed by atoms with van der Waals surface area (Å²) in [4.78, 5) is 6.22. The third-order valence-corrected chi connectivity index (χ3v) is 6.27. The number of likely N-dealkylation sites (N-methyl/N-ethyl adjacent to an activating group) is 1. The van der Waals surface area contributed by atoms with Crippen molar-refractivity contribution in [1.82, 2.24) is 9.88 Å². The van der Waals surface area contributed by atoms with E-state index < -0.39 is 0 Å². The Kier molecular flexibility index (Phi) is 3.50. The van der Waals surface area contributed by atoms with E-state index in [9.17, 15) is 0 Å². The molecule has 3 atom stereocenters. The van der Waals surface area contributed by atoms with Gasteiger partial charge in [0.25, 0.3) is 0 Å². The van der Waals surface area contributed by atoms with Gasteiger partial charge in [-0.1, -0.05) is 19.1 Å². The molecule has 0 spiro atoms. The fraction of sp³-hybridized carbons (Fsp3) is 0.556. The third kappa shape index (κ3) is 2.13. The second kappa shape index (κ2) is 5.36. The number of hydrogen-bond acceptors (Lipinski definition) is 2. The Hall–Kier alpha value is -0.930. The van der Waals surface area contributed by atoms with E-state index in [1.165, 1.54) is 48.2 Å². The summed E-state index contributed by atoms with van der Waals surface area (Å²) in [6, 6.07) is 7.55. The van der Waals surface area contributed by atoms with Gasteiger partial charge in [-0.15, -0.1) is 0 Å². The maximum Gasteiger partial charge on any atom is 0.0459 e. The minimum atomic E-state index is 0.710. The molecule has 1 saturated heterocycles. The summed E-state index contributed by atoms with van der Waals surface area (Å²) >= 11 is 2.01. The predicted octanol–water partition coefficient (Wildman–Crippen LogP) is 3.88. The van der Waals surface area contributed by atoms with Gasteiger partial charge in [0, 0.05) is 35.6 Å². The zero-order valence-electron chi connectivity index (χ0n) is 12.9. The average Bonchev–Trinajstić information content (AvgIpc) is 2.92. The van der Waals surface area contributed by atoms with E-state index in [4.69, 9.17) is 0 Å². The van der Waals surface area contributed by atoms with E-state index in [1.54, 1.807) is 5.56 Å². The number of thioether (sulfide) groups is 1. The fourth-order valence-corrected chi connectivity index (χ4v) is 5.33. The highest BCUT2D eigenvalue weighted by Gasteiger charge is 2.39. The van der Waals surface area contributed by atoms with Crippen molar-refractivity contribution in [2.75, 3.05) is 25.1 Å². The smallest absolute Gasteiger partial charge is 0.0459 e. The molecule has 21 heavy (non-hydrogen) atoms. The Bertz CT molecular complexity index is 648. The number of H-pyrrole nitrogens is 1. The monoisotopic (exact) mass is 300 g/mol. The van der Waals surface area contributed by atoms with Crippen LogP contribution in [0.1, 0.15) is 30.4 Å². The quantitative estimate of drug-likeness (QED) is 0.927. The van der Waals surface area contributed by atoms with Crippen molar-refractivity contribution in [2.45, 2.75) is 31.7 Å². The molecule has 1 unspecified atom stereocenters. The summed E-state index contributed by atoms with van der Waals surface area (Å²) in [7, 11) is 0. The van der Waals surface area contributed by atoms with Crippen molar-refractivity contribution in [3.05, 3.63) is 35.5 Å². The number of fused-ring (bicyclic) bond motifs is 2. The van der Waals surface area contributed by atoms with Gasteiger partial charge < -0.3 is 4.98 Å². The maximum atomic E-state index is 3.48. The molecule has 2 nitrogen and oxygen atoms in total. The molecule has 1 aliphatic heterocycles. The summed E-state index contributed by atoms with van der Waals surface area (Å²) in [5.41, 5.74) is 4.46. The summed E-state index contributed by atoms with van der Waals surface area (Å²) in [6.45, 7) is 4.79. The van der Waals surface area contributed by atoms with Crippen molar-refractivity contribution >= 4 is 22.7 Å². The van der Waals surface area contributed by atoms with E-state index >= 15 is 0 Å². The lowest BCUT2D eigenvalue weighted by molar-refractivity contribution is 0.0984. The Morgan fingerprint density at radius 1 is 1.38 bits per heavy atom. The van der Waals surface area contributed by atoms with E-state index in [2.05, 4.69) is 47.5 Å². The number of nitrogens with zero attached hydrogens (tertiary/aromatic N) is 1. The lowest BCUT2D eigenvalue weighted by Crippen LogP contribution is -2.50. The molecule has 1 N–H and O–H groups in total. The summed E-state index contributed by atoms with van der Waals surface area (Å²) in [6.07, 6.45) is 7.08. The van der Waals surface area contributed by atoms with Gasteiger partial charge in [0.15, 0.2) is 0 Å². The van der Waals surface area contributed by atoms with Crippen molar-refractivity contribution in [3.8, 4) is 0 Å². The predicted molar refractivity (Wildman–Crippen MR) is 92.3 cm³/mol. The van der Waals surface area contributed by atoms with Gasteiger partial charge in [0.2, 0.25) is 0 Å². The highest BCUT2D eigenvalue weighted by Crippen LogP contribution is 2.44. The van der Waals surface area contributed by atoms with Crippen LogP contribution in [0.3, 0.4) is 0 Å². The zero-order valence-corrected chi connectivity index (χ0v) is 13.7. The van der Waals surface area contributed by atoms with E-state index in [1.807, 2.05) is 11.8 Å². The molecule has 0 bridgehead atoms. The first kappa shape index (κ1) is 13.7. The number of nitrogens with one attached hydrogen (secondary N) is 1. The van der Waals surface area contributed by atoms with Crippen LogP contribution in [0.5, 0.6) is 0 Å². The Labute approximate surface area is 131 Å². The normalized spacial score (nSPS) is 28.8. The summed E-state index contributed by atoms with van der Waals surface area (Å²) in [5.74, 6) is 2.87. The van der Waals surface area contributed by atoms with Gasteiger partial charge in [-0.25, -0.2) is 0 Å². The van der Waals surface area contributed by atoms with Crippen LogP contribution >= 0.6 is 11.8 Å². The highest BCUT2D eigenvalue weighted by molar-refractivity contribution is 7.98.